The second-order valence-electron chi connectivity index (χ2n) is 8.77. The maximum atomic E-state index is 13.0. The lowest BCUT2D eigenvalue weighted by atomic mass is 10.1. The Bertz CT molecular complexity index is 1300. The van der Waals surface area contributed by atoms with Crippen LogP contribution >= 0.6 is 0 Å². The van der Waals surface area contributed by atoms with Crippen molar-refractivity contribution in [3.63, 3.8) is 0 Å². The fourth-order valence-corrected chi connectivity index (χ4v) is 4.66. The van der Waals surface area contributed by atoms with Crippen molar-refractivity contribution in [3.8, 4) is 5.69 Å². The molecule has 2 aromatic heterocycles. The minimum Gasteiger partial charge on any atom is -0.368 e. The Morgan fingerprint density at radius 2 is 1.67 bits per heavy atom. The molecule has 1 saturated heterocycles. The van der Waals surface area contributed by atoms with Crippen molar-refractivity contribution in [2.75, 3.05) is 31.1 Å². The number of aromatic nitrogens is 3. The predicted octanol–water partition coefficient (Wildman–Crippen LogP) is 4.24. The Labute approximate surface area is 194 Å². The quantitative estimate of drug-likeness (QED) is 0.477. The molecule has 0 aliphatic carbocycles. The number of anilines is 1. The van der Waals surface area contributed by atoms with Crippen LogP contribution in [0.5, 0.6) is 0 Å². The standard InChI is InChI=1S/C27H29N5O/c1-19-6-4-8-25(20(19)2)30-14-16-31(17-15-30)26(33)18-22-9-11-23(12-10-22)32-21(3)29-24-7-5-13-28-27(24)32/h4-13H,14-18H2,1-3H3. The van der Waals surface area contributed by atoms with Gasteiger partial charge in [0, 0.05) is 43.8 Å². The Morgan fingerprint density at radius 3 is 2.42 bits per heavy atom. The normalized spacial score (nSPS) is 14.2. The molecule has 0 saturated carbocycles. The minimum absolute atomic E-state index is 0.189. The SMILES string of the molecule is Cc1cccc(N2CCN(C(=O)Cc3ccc(-n4c(C)nc5cccnc54)cc3)CC2)c1C. The average molecular weight is 440 g/mol. The molecule has 0 N–H and O–H groups in total. The summed E-state index contributed by atoms with van der Waals surface area (Å²) in [4.78, 5) is 26.4. The largest absolute Gasteiger partial charge is 0.368 e. The summed E-state index contributed by atoms with van der Waals surface area (Å²) in [5.41, 5.74) is 7.68. The number of aryl methyl sites for hydroxylation is 2. The third kappa shape index (κ3) is 4.09. The van der Waals surface area contributed by atoms with Gasteiger partial charge in [0.15, 0.2) is 5.65 Å². The van der Waals surface area contributed by atoms with E-state index in [2.05, 4.69) is 46.9 Å². The topological polar surface area (TPSA) is 54.3 Å². The van der Waals surface area contributed by atoms with Crippen LogP contribution in [0.3, 0.4) is 0 Å². The summed E-state index contributed by atoms with van der Waals surface area (Å²) in [5.74, 6) is 1.09. The highest BCUT2D eigenvalue weighted by Gasteiger charge is 2.22. The van der Waals surface area contributed by atoms with Gasteiger partial charge in [-0.25, -0.2) is 9.97 Å². The van der Waals surface area contributed by atoms with E-state index in [9.17, 15) is 4.79 Å². The number of carbonyl (C=O) groups is 1. The van der Waals surface area contributed by atoms with Gasteiger partial charge < -0.3 is 9.80 Å². The predicted molar refractivity (Wildman–Crippen MR) is 132 cm³/mol. The molecule has 0 spiro atoms. The number of rotatable bonds is 4. The summed E-state index contributed by atoms with van der Waals surface area (Å²) >= 11 is 0. The first-order valence-corrected chi connectivity index (χ1v) is 11.5. The van der Waals surface area contributed by atoms with Gasteiger partial charge in [0.2, 0.25) is 5.91 Å². The molecule has 2 aromatic carbocycles. The van der Waals surface area contributed by atoms with Crippen molar-refractivity contribution in [2.45, 2.75) is 27.2 Å². The molecule has 1 fully saturated rings. The lowest BCUT2D eigenvalue weighted by molar-refractivity contribution is -0.130. The van der Waals surface area contributed by atoms with Crippen LogP contribution in [0.1, 0.15) is 22.5 Å². The molecule has 33 heavy (non-hydrogen) atoms. The van der Waals surface area contributed by atoms with Crippen LogP contribution in [0.4, 0.5) is 5.69 Å². The Hall–Kier alpha value is -3.67. The van der Waals surface area contributed by atoms with Crippen molar-refractivity contribution in [3.05, 3.63) is 83.3 Å². The first-order chi connectivity index (χ1) is 16.0. The highest BCUT2D eigenvalue weighted by molar-refractivity contribution is 5.79. The monoisotopic (exact) mass is 439 g/mol. The Kier molecular flexibility index (Phi) is 5.58. The molecule has 4 aromatic rings. The van der Waals surface area contributed by atoms with E-state index in [0.717, 1.165) is 54.4 Å². The van der Waals surface area contributed by atoms with E-state index >= 15 is 0 Å². The minimum atomic E-state index is 0.189. The molecule has 1 amide bonds. The Morgan fingerprint density at radius 1 is 0.909 bits per heavy atom. The molecule has 6 nitrogen and oxygen atoms in total. The number of piperazine rings is 1. The number of amides is 1. The van der Waals surface area contributed by atoms with Crippen molar-refractivity contribution in [1.82, 2.24) is 19.4 Å². The van der Waals surface area contributed by atoms with Gasteiger partial charge in [-0.3, -0.25) is 9.36 Å². The molecular weight excluding hydrogens is 410 g/mol. The van der Waals surface area contributed by atoms with Crippen LogP contribution in [0.15, 0.2) is 60.8 Å². The number of carbonyl (C=O) groups excluding carboxylic acids is 1. The van der Waals surface area contributed by atoms with Crippen LogP contribution < -0.4 is 4.90 Å². The van der Waals surface area contributed by atoms with Crippen LogP contribution in [-0.2, 0) is 11.2 Å². The van der Waals surface area contributed by atoms with Crippen LogP contribution in [0, 0.1) is 20.8 Å². The number of pyridine rings is 1. The smallest absolute Gasteiger partial charge is 0.227 e. The van der Waals surface area contributed by atoms with E-state index in [1.54, 1.807) is 6.20 Å². The maximum Gasteiger partial charge on any atom is 0.227 e. The van der Waals surface area contributed by atoms with Crippen molar-refractivity contribution in [2.24, 2.45) is 0 Å². The van der Waals surface area contributed by atoms with E-state index in [-0.39, 0.29) is 5.91 Å². The summed E-state index contributed by atoms with van der Waals surface area (Å²) < 4.78 is 2.05. The molecular formula is C27H29N5O. The molecule has 0 unspecified atom stereocenters. The number of fused-ring (bicyclic) bond motifs is 1. The number of benzene rings is 2. The van der Waals surface area contributed by atoms with Crippen molar-refractivity contribution >= 4 is 22.8 Å². The number of imidazole rings is 1. The van der Waals surface area contributed by atoms with Gasteiger partial charge in [-0.2, -0.15) is 0 Å². The summed E-state index contributed by atoms with van der Waals surface area (Å²) in [6.07, 6.45) is 2.21. The van der Waals surface area contributed by atoms with Gasteiger partial charge in [0.1, 0.15) is 11.3 Å². The first kappa shape index (κ1) is 21.2. The number of nitrogens with zero attached hydrogens (tertiary/aromatic N) is 5. The van der Waals surface area contributed by atoms with Gasteiger partial charge in [-0.1, -0.05) is 24.3 Å². The summed E-state index contributed by atoms with van der Waals surface area (Å²) in [7, 11) is 0. The third-order valence-electron chi connectivity index (χ3n) is 6.68. The van der Waals surface area contributed by atoms with Gasteiger partial charge in [0.05, 0.1) is 6.42 Å². The molecule has 1 aliphatic rings. The lowest BCUT2D eigenvalue weighted by Crippen LogP contribution is -2.49. The fourth-order valence-electron chi connectivity index (χ4n) is 4.66. The maximum absolute atomic E-state index is 13.0. The summed E-state index contributed by atoms with van der Waals surface area (Å²) in [5, 5.41) is 0. The zero-order valence-electron chi connectivity index (χ0n) is 19.5. The average Bonchev–Trinajstić information content (AvgIpc) is 3.17. The molecule has 5 rings (SSSR count). The van der Waals surface area contributed by atoms with Crippen molar-refractivity contribution in [1.29, 1.82) is 0 Å². The summed E-state index contributed by atoms with van der Waals surface area (Å²) in [6.45, 7) is 9.57. The molecule has 0 bridgehead atoms. The van der Waals surface area contributed by atoms with Gasteiger partial charge in [-0.15, -0.1) is 0 Å². The van der Waals surface area contributed by atoms with Crippen LogP contribution in [0.25, 0.3) is 16.9 Å². The molecule has 0 radical (unpaired) electrons. The highest BCUT2D eigenvalue weighted by Crippen LogP contribution is 2.24. The summed E-state index contributed by atoms with van der Waals surface area (Å²) in [6, 6.07) is 18.5. The fraction of sp³-hybridized carbons (Fsp3) is 0.296. The van der Waals surface area contributed by atoms with Crippen LogP contribution in [0.2, 0.25) is 0 Å². The number of hydrogen-bond donors (Lipinski definition) is 0. The zero-order valence-corrected chi connectivity index (χ0v) is 19.5. The van der Waals surface area contributed by atoms with Gasteiger partial charge in [0.25, 0.3) is 0 Å². The van der Waals surface area contributed by atoms with E-state index in [0.29, 0.717) is 6.42 Å². The third-order valence-corrected chi connectivity index (χ3v) is 6.68. The second-order valence-corrected chi connectivity index (χ2v) is 8.77. The lowest BCUT2D eigenvalue weighted by Gasteiger charge is -2.37. The van der Waals surface area contributed by atoms with Gasteiger partial charge >= 0.3 is 0 Å². The van der Waals surface area contributed by atoms with Crippen LogP contribution in [-0.4, -0.2) is 51.5 Å². The van der Waals surface area contributed by atoms with E-state index in [1.807, 2.05) is 52.8 Å². The van der Waals surface area contributed by atoms with Crippen molar-refractivity contribution < 1.29 is 4.79 Å². The first-order valence-electron chi connectivity index (χ1n) is 11.5. The highest BCUT2D eigenvalue weighted by atomic mass is 16.2. The van der Waals surface area contributed by atoms with Gasteiger partial charge in [-0.05, 0) is 67.8 Å². The van der Waals surface area contributed by atoms with E-state index in [1.165, 1.54) is 16.8 Å². The second kappa shape index (κ2) is 8.70. The molecule has 3 heterocycles. The van der Waals surface area contributed by atoms with E-state index in [4.69, 9.17) is 0 Å². The zero-order chi connectivity index (χ0) is 22.9. The molecule has 0 atom stereocenters. The Balaban J connectivity index is 1.24. The number of hydrogen-bond acceptors (Lipinski definition) is 4. The molecule has 6 heteroatoms. The van der Waals surface area contributed by atoms with E-state index < -0.39 is 0 Å². The molecule has 1 aliphatic heterocycles. The molecule has 168 valence electrons.